The average molecular weight is 433 g/mol. The van der Waals surface area contributed by atoms with Crippen LogP contribution in [-0.2, 0) is 12.2 Å². The number of para-hydroxylation sites is 1. The Kier molecular flexibility index (Phi) is 5.15. The van der Waals surface area contributed by atoms with Crippen molar-refractivity contribution < 1.29 is 0 Å². The molecule has 1 fully saturated rings. The van der Waals surface area contributed by atoms with E-state index in [0.717, 1.165) is 34.5 Å². The molecule has 6 nitrogen and oxygen atoms in total. The Labute approximate surface area is 183 Å². The van der Waals surface area contributed by atoms with Crippen LogP contribution in [0.1, 0.15) is 46.5 Å². The van der Waals surface area contributed by atoms with Crippen molar-refractivity contribution in [1.29, 1.82) is 5.26 Å². The number of aryl methyl sites for hydroxylation is 1. The fraction of sp³-hybridized carbons (Fsp3) is 0.273. The highest BCUT2D eigenvalue weighted by Crippen LogP contribution is 2.40. The van der Waals surface area contributed by atoms with Crippen molar-refractivity contribution in [1.82, 2.24) is 24.5 Å². The highest BCUT2D eigenvalue weighted by Gasteiger charge is 2.30. The highest BCUT2D eigenvalue weighted by atomic mass is 32.2. The van der Waals surface area contributed by atoms with E-state index in [1.807, 2.05) is 41.9 Å². The number of benzene rings is 1. The number of aromatic nitrogens is 5. The van der Waals surface area contributed by atoms with Crippen LogP contribution < -0.4 is 0 Å². The van der Waals surface area contributed by atoms with Gasteiger partial charge in [-0.15, -0.1) is 21.5 Å². The van der Waals surface area contributed by atoms with Crippen LogP contribution in [0.15, 0.2) is 53.0 Å². The first-order chi connectivity index (χ1) is 14.7. The van der Waals surface area contributed by atoms with Gasteiger partial charge >= 0.3 is 0 Å². The maximum atomic E-state index is 9.71. The number of nitrogens with zero attached hydrogens (tertiary/aromatic N) is 6. The number of thiophene rings is 1. The maximum Gasteiger partial charge on any atom is 0.191 e. The predicted molar refractivity (Wildman–Crippen MR) is 118 cm³/mol. The molecule has 0 N–H and O–H groups in total. The van der Waals surface area contributed by atoms with Crippen LogP contribution >= 0.6 is 23.1 Å². The minimum absolute atomic E-state index is 0.494. The van der Waals surface area contributed by atoms with Crippen LogP contribution in [-0.4, -0.2) is 24.5 Å². The van der Waals surface area contributed by atoms with Crippen molar-refractivity contribution in [2.45, 2.75) is 43.1 Å². The summed E-state index contributed by atoms with van der Waals surface area (Å²) in [4.78, 5) is 1.30. The molecule has 0 spiro atoms. The lowest BCUT2D eigenvalue weighted by molar-refractivity contribution is 0.634. The Hall–Kier alpha value is -2.89. The zero-order valence-corrected chi connectivity index (χ0v) is 18.2. The van der Waals surface area contributed by atoms with Gasteiger partial charge < -0.3 is 4.57 Å². The molecule has 150 valence electrons. The number of thioether (sulfide) groups is 1. The quantitative estimate of drug-likeness (QED) is 0.388. The summed E-state index contributed by atoms with van der Waals surface area (Å²) < 4.78 is 4.18. The van der Waals surface area contributed by atoms with E-state index >= 15 is 0 Å². The molecule has 1 saturated carbocycles. The maximum absolute atomic E-state index is 9.71. The molecular formula is C22H20N6S2. The van der Waals surface area contributed by atoms with Crippen molar-refractivity contribution in [2.75, 3.05) is 0 Å². The molecule has 0 bridgehead atoms. The van der Waals surface area contributed by atoms with Gasteiger partial charge in [0.2, 0.25) is 0 Å². The zero-order valence-electron chi connectivity index (χ0n) is 16.5. The van der Waals surface area contributed by atoms with Crippen LogP contribution in [0.2, 0.25) is 0 Å². The first-order valence-electron chi connectivity index (χ1n) is 9.87. The van der Waals surface area contributed by atoms with E-state index < -0.39 is 0 Å². The molecule has 1 aliphatic rings. The third-order valence-corrected chi connectivity index (χ3v) is 7.00. The van der Waals surface area contributed by atoms with Gasteiger partial charge in [-0.25, -0.2) is 4.68 Å². The van der Waals surface area contributed by atoms with E-state index in [4.69, 9.17) is 0 Å². The Balaban J connectivity index is 1.45. The second-order valence-corrected chi connectivity index (χ2v) is 9.29. The molecule has 3 aromatic heterocycles. The Morgan fingerprint density at radius 2 is 2.00 bits per heavy atom. The molecule has 30 heavy (non-hydrogen) atoms. The predicted octanol–water partition coefficient (Wildman–Crippen LogP) is 4.92. The normalized spacial score (nSPS) is 13.5. The zero-order chi connectivity index (χ0) is 20.5. The molecule has 0 unspecified atom stereocenters. The molecule has 0 aliphatic heterocycles. The van der Waals surface area contributed by atoms with Crippen molar-refractivity contribution in [2.24, 2.45) is 0 Å². The van der Waals surface area contributed by atoms with Crippen molar-refractivity contribution in [3.8, 4) is 11.8 Å². The monoisotopic (exact) mass is 432 g/mol. The molecular weight excluding hydrogens is 412 g/mol. The number of nitriles is 1. The van der Waals surface area contributed by atoms with Crippen LogP contribution in [0.5, 0.6) is 0 Å². The smallest absolute Gasteiger partial charge is 0.191 e. The van der Waals surface area contributed by atoms with E-state index in [9.17, 15) is 5.26 Å². The summed E-state index contributed by atoms with van der Waals surface area (Å²) in [5.74, 6) is 1.64. The van der Waals surface area contributed by atoms with Gasteiger partial charge in [0.05, 0.1) is 22.6 Å². The first kappa shape index (κ1) is 19.1. The Morgan fingerprint density at radius 1 is 1.17 bits per heavy atom. The first-order valence-corrected chi connectivity index (χ1v) is 11.7. The summed E-state index contributed by atoms with van der Waals surface area (Å²) >= 11 is 3.38. The summed E-state index contributed by atoms with van der Waals surface area (Å²) in [5.41, 5.74) is 3.25. The molecule has 1 aromatic carbocycles. The largest absolute Gasteiger partial charge is 0.303 e. The lowest BCUT2D eigenvalue weighted by atomic mass is 10.2. The van der Waals surface area contributed by atoms with E-state index in [-0.39, 0.29) is 0 Å². The van der Waals surface area contributed by atoms with Crippen molar-refractivity contribution >= 4 is 23.1 Å². The third kappa shape index (κ3) is 3.66. The van der Waals surface area contributed by atoms with E-state index in [1.165, 1.54) is 17.7 Å². The molecule has 1 aliphatic carbocycles. The van der Waals surface area contributed by atoms with Gasteiger partial charge in [-0.1, -0.05) is 36.0 Å². The molecule has 0 amide bonds. The Morgan fingerprint density at radius 3 is 2.70 bits per heavy atom. The van der Waals surface area contributed by atoms with Crippen LogP contribution in [0.4, 0.5) is 0 Å². The molecule has 4 aromatic rings. The molecule has 0 radical (unpaired) electrons. The number of hydrogen-bond donors (Lipinski definition) is 0. The van der Waals surface area contributed by atoms with Gasteiger partial charge in [0, 0.05) is 23.1 Å². The fourth-order valence-corrected chi connectivity index (χ4v) is 5.29. The number of hydrogen-bond acceptors (Lipinski definition) is 6. The minimum Gasteiger partial charge on any atom is -0.303 e. The summed E-state index contributed by atoms with van der Waals surface area (Å²) in [6, 6.07) is 17.0. The van der Waals surface area contributed by atoms with Gasteiger partial charge in [-0.3, -0.25) is 0 Å². The molecule has 5 rings (SSSR count). The second-order valence-electron chi connectivity index (χ2n) is 7.31. The SMILES string of the molecule is Cc1nn(-c2ccccc2)c(CSc2nnc(Cc3cccs3)n2C2CC2)c1C#N. The third-order valence-electron chi connectivity index (χ3n) is 5.17. The van der Waals surface area contributed by atoms with Gasteiger partial charge in [0.15, 0.2) is 5.16 Å². The summed E-state index contributed by atoms with van der Waals surface area (Å²) in [5, 5.41) is 26.4. The van der Waals surface area contributed by atoms with Gasteiger partial charge in [-0.05, 0) is 43.3 Å². The fourth-order valence-electron chi connectivity index (χ4n) is 3.56. The number of rotatable bonds is 7. The summed E-state index contributed by atoms with van der Waals surface area (Å²) in [6.45, 7) is 1.89. The van der Waals surface area contributed by atoms with E-state index in [0.29, 0.717) is 17.4 Å². The van der Waals surface area contributed by atoms with E-state index in [2.05, 4.69) is 43.4 Å². The molecule has 0 saturated heterocycles. The summed E-state index contributed by atoms with van der Waals surface area (Å²) in [6.07, 6.45) is 3.16. The van der Waals surface area contributed by atoms with Crippen LogP contribution in [0.3, 0.4) is 0 Å². The minimum atomic E-state index is 0.494. The lowest BCUT2D eigenvalue weighted by Gasteiger charge is -2.10. The molecule has 3 heterocycles. The standard InChI is InChI=1S/C22H20N6S2/c1-15-19(13-23)20(28(26-15)17-6-3-2-4-7-17)14-30-22-25-24-21(27(22)16-9-10-16)12-18-8-5-11-29-18/h2-8,11,16H,9-10,12,14H2,1H3. The van der Waals surface area contributed by atoms with Crippen molar-refractivity contribution in [3.63, 3.8) is 0 Å². The Bertz CT molecular complexity index is 1200. The van der Waals surface area contributed by atoms with E-state index in [1.54, 1.807) is 23.1 Å². The van der Waals surface area contributed by atoms with Gasteiger partial charge in [0.1, 0.15) is 11.9 Å². The lowest BCUT2D eigenvalue weighted by Crippen LogP contribution is -2.05. The summed E-state index contributed by atoms with van der Waals surface area (Å²) in [7, 11) is 0. The van der Waals surface area contributed by atoms with Gasteiger partial charge in [-0.2, -0.15) is 10.4 Å². The molecule has 8 heteroatoms. The van der Waals surface area contributed by atoms with Crippen LogP contribution in [0.25, 0.3) is 5.69 Å². The van der Waals surface area contributed by atoms with Gasteiger partial charge in [0.25, 0.3) is 0 Å². The van der Waals surface area contributed by atoms with Crippen molar-refractivity contribution in [3.05, 3.63) is 75.5 Å². The highest BCUT2D eigenvalue weighted by molar-refractivity contribution is 7.98. The van der Waals surface area contributed by atoms with Crippen LogP contribution in [0, 0.1) is 18.3 Å². The topological polar surface area (TPSA) is 72.3 Å². The average Bonchev–Trinajstić information content (AvgIpc) is 3.18. The second kappa shape index (κ2) is 8.09. The molecule has 0 atom stereocenters.